The van der Waals surface area contributed by atoms with Crippen LogP contribution in [0.1, 0.15) is 25.0 Å². The third-order valence-corrected chi connectivity index (χ3v) is 6.39. The summed E-state index contributed by atoms with van der Waals surface area (Å²) in [4.78, 5) is 12.7. The molecule has 2 aromatic rings. The third kappa shape index (κ3) is 3.70. The van der Waals surface area contributed by atoms with Crippen molar-refractivity contribution in [3.05, 3.63) is 65.0 Å². The molecule has 154 valence electrons. The molecule has 2 aliphatic carbocycles. The Morgan fingerprint density at radius 2 is 1.90 bits per heavy atom. The van der Waals surface area contributed by atoms with Crippen molar-refractivity contribution in [3.63, 3.8) is 0 Å². The Kier molecular flexibility index (Phi) is 4.80. The maximum Gasteiger partial charge on any atom is 0.426 e. The summed E-state index contributed by atoms with van der Waals surface area (Å²) in [6.07, 6.45) is 1.15. The Morgan fingerprint density at radius 1 is 1.21 bits per heavy atom. The van der Waals surface area contributed by atoms with Gasteiger partial charge in [0.05, 0.1) is 5.92 Å². The highest BCUT2D eigenvalue weighted by molar-refractivity contribution is 6.30. The highest BCUT2D eigenvalue weighted by Crippen LogP contribution is 2.60. The van der Waals surface area contributed by atoms with Gasteiger partial charge in [0.1, 0.15) is 11.1 Å². The average molecular weight is 424 g/mol. The number of aromatic nitrogens is 1. The number of carbonyl (C=O) groups excluding carboxylic acids is 1. The van der Waals surface area contributed by atoms with E-state index in [1.807, 2.05) is 47.3 Å². The molecular weight excluding hydrogens is 403 g/mol. The molecule has 0 bridgehead atoms. The van der Waals surface area contributed by atoms with E-state index in [1.54, 1.807) is 13.8 Å². The van der Waals surface area contributed by atoms with Crippen LogP contribution in [0.5, 0.6) is 0 Å². The van der Waals surface area contributed by atoms with Crippen LogP contribution in [0.15, 0.2) is 53.8 Å². The monoisotopic (exact) mass is 423 g/mol. The van der Waals surface area contributed by atoms with E-state index in [9.17, 15) is 18.0 Å². The van der Waals surface area contributed by atoms with E-state index in [-0.39, 0.29) is 6.10 Å². The Morgan fingerprint density at radius 3 is 2.55 bits per heavy atom. The second-order valence-corrected chi connectivity index (χ2v) is 8.72. The molecule has 3 unspecified atom stereocenters. The van der Waals surface area contributed by atoms with Crippen molar-refractivity contribution in [2.45, 2.75) is 39.0 Å². The van der Waals surface area contributed by atoms with E-state index < -0.39 is 34.4 Å². The summed E-state index contributed by atoms with van der Waals surface area (Å²) in [5.41, 5.74) is 2.70. The lowest BCUT2D eigenvalue weighted by atomic mass is 10.1. The standard InChI is InChI=1S/C22H21ClF3NO2/c1-21(2)16(12-18(23)22(24,25)26)19(21)20(28)29-14-10-13-6-5-7-17(15(13)11-14)27-8-3-4-9-27/h3-9,12,14,16,19H,10-11H2,1-2H3/b18-12-. The number of hydrogen-bond donors (Lipinski definition) is 0. The summed E-state index contributed by atoms with van der Waals surface area (Å²) in [7, 11) is 0. The number of carbonyl (C=O) groups is 1. The highest BCUT2D eigenvalue weighted by Gasteiger charge is 2.62. The van der Waals surface area contributed by atoms with E-state index in [0.717, 1.165) is 22.9 Å². The molecule has 0 saturated heterocycles. The first-order valence-electron chi connectivity index (χ1n) is 9.48. The van der Waals surface area contributed by atoms with Crippen molar-refractivity contribution in [1.29, 1.82) is 0 Å². The smallest absolute Gasteiger partial charge is 0.426 e. The predicted octanol–water partition coefficient (Wildman–Crippen LogP) is 5.44. The van der Waals surface area contributed by atoms with Crippen molar-refractivity contribution in [2.75, 3.05) is 0 Å². The maximum absolute atomic E-state index is 12.7. The molecule has 1 aromatic heterocycles. The van der Waals surface area contributed by atoms with Gasteiger partial charge in [0.2, 0.25) is 0 Å². The Balaban J connectivity index is 1.46. The van der Waals surface area contributed by atoms with Crippen LogP contribution in [0.3, 0.4) is 0 Å². The molecule has 0 aliphatic heterocycles. The lowest BCUT2D eigenvalue weighted by Crippen LogP contribution is -2.21. The molecule has 3 atom stereocenters. The molecule has 1 heterocycles. The number of nitrogens with zero attached hydrogens (tertiary/aromatic N) is 1. The quantitative estimate of drug-likeness (QED) is 0.613. The van der Waals surface area contributed by atoms with Crippen LogP contribution in [-0.4, -0.2) is 22.8 Å². The van der Waals surface area contributed by atoms with E-state index in [0.29, 0.717) is 12.8 Å². The first-order valence-corrected chi connectivity index (χ1v) is 9.86. The van der Waals surface area contributed by atoms with E-state index in [1.165, 1.54) is 0 Å². The van der Waals surface area contributed by atoms with Crippen LogP contribution in [0, 0.1) is 17.3 Å². The number of benzene rings is 1. The number of fused-ring (bicyclic) bond motifs is 1. The maximum atomic E-state index is 12.7. The molecule has 2 aliphatic rings. The molecule has 0 spiro atoms. The van der Waals surface area contributed by atoms with Gasteiger partial charge in [-0.3, -0.25) is 4.79 Å². The molecule has 4 rings (SSSR count). The van der Waals surface area contributed by atoms with E-state index in [4.69, 9.17) is 16.3 Å². The fraction of sp³-hybridized carbons (Fsp3) is 0.409. The van der Waals surface area contributed by atoms with E-state index >= 15 is 0 Å². The zero-order valence-electron chi connectivity index (χ0n) is 16.0. The minimum atomic E-state index is -4.60. The van der Waals surface area contributed by atoms with Crippen LogP contribution in [0.25, 0.3) is 5.69 Å². The molecule has 1 aromatic carbocycles. The Labute approximate surface area is 172 Å². The lowest BCUT2D eigenvalue weighted by molar-refractivity contribution is -0.151. The summed E-state index contributed by atoms with van der Waals surface area (Å²) in [6, 6.07) is 9.91. The number of hydrogen-bond acceptors (Lipinski definition) is 2. The predicted molar refractivity (Wildman–Crippen MR) is 104 cm³/mol. The minimum Gasteiger partial charge on any atom is -0.461 e. The van der Waals surface area contributed by atoms with Crippen LogP contribution in [-0.2, 0) is 22.4 Å². The first kappa shape index (κ1) is 20.1. The molecule has 29 heavy (non-hydrogen) atoms. The van der Waals surface area contributed by atoms with Gasteiger partial charge in [0.15, 0.2) is 0 Å². The largest absolute Gasteiger partial charge is 0.461 e. The Hall–Kier alpha value is -2.21. The average Bonchev–Trinajstić information content (AvgIpc) is 3.08. The van der Waals surface area contributed by atoms with Crippen LogP contribution < -0.4 is 0 Å². The number of halogens is 4. The topological polar surface area (TPSA) is 31.2 Å². The fourth-order valence-electron chi connectivity index (χ4n) is 4.34. The summed E-state index contributed by atoms with van der Waals surface area (Å²) in [5, 5.41) is -1.18. The van der Waals surface area contributed by atoms with Crippen molar-refractivity contribution in [3.8, 4) is 5.69 Å². The normalized spacial score (nSPS) is 25.6. The second kappa shape index (κ2) is 6.94. The van der Waals surface area contributed by atoms with Gasteiger partial charge in [-0.25, -0.2) is 0 Å². The highest BCUT2D eigenvalue weighted by atomic mass is 35.5. The van der Waals surface area contributed by atoms with Crippen molar-refractivity contribution >= 4 is 17.6 Å². The Bertz CT molecular complexity index is 963. The SMILES string of the molecule is CC1(C)C(/C=C(\Cl)C(F)(F)F)C1C(=O)OC1Cc2cccc(-n3cccc3)c2C1. The van der Waals surface area contributed by atoms with Crippen molar-refractivity contribution < 1.29 is 22.7 Å². The van der Waals surface area contributed by atoms with Gasteiger partial charge in [-0.15, -0.1) is 0 Å². The van der Waals surface area contributed by atoms with Crippen LogP contribution in [0.4, 0.5) is 13.2 Å². The molecule has 0 radical (unpaired) electrons. The molecule has 1 saturated carbocycles. The number of ether oxygens (including phenoxy) is 1. The molecule has 3 nitrogen and oxygen atoms in total. The van der Waals surface area contributed by atoms with Gasteiger partial charge >= 0.3 is 12.1 Å². The van der Waals surface area contributed by atoms with Gasteiger partial charge < -0.3 is 9.30 Å². The molecule has 0 N–H and O–H groups in total. The van der Waals surface area contributed by atoms with Crippen molar-refractivity contribution in [2.24, 2.45) is 17.3 Å². The van der Waals surface area contributed by atoms with Crippen molar-refractivity contribution in [1.82, 2.24) is 4.57 Å². The number of esters is 1. The molecule has 0 amide bonds. The number of allylic oxidation sites excluding steroid dienone is 2. The minimum absolute atomic E-state index is 0.312. The molecular formula is C22H21ClF3NO2. The van der Waals surface area contributed by atoms with Crippen LogP contribution >= 0.6 is 11.6 Å². The second-order valence-electron chi connectivity index (χ2n) is 8.31. The fourth-order valence-corrected chi connectivity index (χ4v) is 4.48. The summed E-state index contributed by atoms with van der Waals surface area (Å²) in [5.74, 6) is -1.65. The lowest BCUT2D eigenvalue weighted by Gasteiger charge is -2.13. The summed E-state index contributed by atoms with van der Waals surface area (Å²) < 4.78 is 45.9. The van der Waals surface area contributed by atoms with Gasteiger partial charge in [-0.05, 0) is 40.7 Å². The van der Waals surface area contributed by atoms with Gasteiger partial charge in [-0.1, -0.05) is 43.7 Å². The van der Waals surface area contributed by atoms with Gasteiger partial charge in [0, 0.05) is 30.9 Å². The third-order valence-electron chi connectivity index (χ3n) is 6.05. The van der Waals surface area contributed by atoms with Gasteiger partial charge in [0.25, 0.3) is 0 Å². The molecule has 7 heteroatoms. The zero-order valence-corrected chi connectivity index (χ0v) is 16.8. The van der Waals surface area contributed by atoms with Gasteiger partial charge in [-0.2, -0.15) is 13.2 Å². The van der Waals surface area contributed by atoms with E-state index in [2.05, 4.69) is 0 Å². The summed E-state index contributed by atoms with van der Waals surface area (Å²) in [6.45, 7) is 3.52. The first-order chi connectivity index (χ1) is 13.6. The summed E-state index contributed by atoms with van der Waals surface area (Å²) >= 11 is 5.37. The van der Waals surface area contributed by atoms with Crippen LogP contribution in [0.2, 0.25) is 0 Å². The zero-order chi connectivity index (χ0) is 21.0. The number of rotatable bonds is 4. The molecule has 1 fully saturated rings. The number of alkyl halides is 3.